The van der Waals surface area contributed by atoms with Crippen molar-refractivity contribution in [3.63, 3.8) is 0 Å². The molecule has 0 saturated carbocycles. The molecular formula is C14H24N4O2. The zero-order chi connectivity index (χ0) is 14.4. The van der Waals surface area contributed by atoms with Crippen molar-refractivity contribution < 1.29 is 9.84 Å². The van der Waals surface area contributed by atoms with E-state index >= 15 is 0 Å². The summed E-state index contributed by atoms with van der Waals surface area (Å²) >= 11 is 0. The quantitative estimate of drug-likeness (QED) is 0.812. The maximum Gasteiger partial charge on any atom is 0.137 e. The molecule has 20 heavy (non-hydrogen) atoms. The van der Waals surface area contributed by atoms with E-state index in [1.165, 1.54) is 0 Å². The van der Waals surface area contributed by atoms with Gasteiger partial charge in [0, 0.05) is 18.7 Å². The van der Waals surface area contributed by atoms with Crippen molar-refractivity contribution in [2.45, 2.75) is 32.7 Å². The molecule has 6 nitrogen and oxygen atoms in total. The monoisotopic (exact) mass is 280 g/mol. The van der Waals surface area contributed by atoms with Crippen molar-refractivity contribution in [1.82, 2.24) is 9.97 Å². The molecule has 0 radical (unpaired) electrons. The summed E-state index contributed by atoms with van der Waals surface area (Å²) < 4.78 is 5.43. The Bertz CT molecular complexity index is 428. The Morgan fingerprint density at radius 1 is 1.45 bits per heavy atom. The van der Waals surface area contributed by atoms with E-state index in [0.29, 0.717) is 13.2 Å². The van der Waals surface area contributed by atoms with Crippen molar-refractivity contribution in [2.24, 2.45) is 0 Å². The maximum atomic E-state index is 9.52. The summed E-state index contributed by atoms with van der Waals surface area (Å²) in [5, 5.41) is 12.9. The molecule has 1 aliphatic rings. The topological polar surface area (TPSA) is 70.5 Å². The second kappa shape index (κ2) is 7.40. The van der Waals surface area contributed by atoms with Gasteiger partial charge in [-0.05, 0) is 12.8 Å². The first-order chi connectivity index (χ1) is 9.81. The fraction of sp³-hybridized carbons (Fsp3) is 0.714. The fourth-order valence-corrected chi connectivity index (χ4v) is 2.46. The molecule has 6 heteroatoms. The van der Waals surface area contributed by atoms with Gasteiger partial charge in [-0.2, -0.15) is 0 Å². The summed E-state index contributed by atoms with van der Waals surface area (Å²) in [5.74, 6) is 1.82. The van der Waals surface area contributed by atoms with Crippen LogP contribution >= 0.6 is 0 Å². The SMILES string of the molecule is CCCNc1ncnc(N2CCOCC2CO)c1CC. The number of nitrogens with one attached hydrogen (secondary N) is 1. The zero-order valence-electron chi connectivity index (χ0n) is 12.3. The van der Waals surface area contributed by atoms with Gasteiger partial charge in [0.05, 0.1) is 25.9 Å². The Hall–Kier alpha value is -1.40. The summed E-state index contributed by atoms with van der Waals surface area (Å²) in [6.45, 7) is 7.17. The third-order valence-electron chi connectivity index (χ3n) is 3.53. The van der Waals surface area contributed by atoms with Crippen molar-refractivity contribution in [3.8, 4) is 0 Å². The van der Waals surface area contributed by atoms with Gasteiger partial charge in [0.2, 0.25) is 0 Å². The number of aliphatic hydroxyl groups is 1. The predicted molar refractivity (Wildman–Crippen MR) is 79.2 cm³/mol. The van der Waals surface area contributed by atoms with Crippen LogP contribution in [0.3, 0.4) is 0 Å². The normalized spacial score (nSPS) is 19.1. The molecule has 1 saturated heterocycles. The van der Waals surface area contributed by atoms with E-state index in [2.05, 4.69) is 34.0 Å². The molecule has 1 aromatic heterocycles. The molecule has 0 bridgehead atoms. The number of aliphatic hydroxyl groups excluding tert-OH is 1. The standard InChI is InChI=1S/C14H24N4O2/c1-3-5-15-13-12(4-2)14(17-10-16-13)18-6-7-20-9-11(18)8-19/h10-11,19H,3-9H2,1-2H3,(H,15,16,17). The van der Waals surface area contributed by atoms with Crippen molar-refractivity contribution >= 4 is 11.6 Å². The van der Waals surface area contributed by atoms with Gasteiger partial charge in [0.15, 0.2) is 0 Å². The number of hydrogen-bond acceptors (Lipinski definition) is 6. The van der Waals surface area contributed by atoms with Crippen LogP contribution in [0.1, 0.15) is 25.8 Å². The average molecular weight is 280 g/mol. The molecule has 1 aromatic rings. The van der Waals surface area contributed by atoms with Gasteiger partial charge < -0.3 is 20.1 Å². The lowest BCUT2D eigenvalue weighted by atomic mass is 10.1. The number of nitrogens with zero attached hydrogens (tertiary/aromatic N) is 3. The minimum atomic E-state index is -0.0250. The highest BCUT2D eigenvalue weighted by molar-refractivity contribution is 5.59. The number of hydrogen-bond donors (Lipinski definition) is 2. The lowest BCUT2D eigenvalue weighted by Gasteiger charge is -2.36. The molecular weight excluding hydrogens is 256 g/mol. The van der Waals surface area contributed by atoms with Gasteiger partial charge in [0.25, 0.3) is 0 Å². The average Bonchev–Trinajstić information content (AvgIpc) is 2.52. The highest BCUT2D eigenvalue weighted by Crippen LogP contribution is 2.26. The zero-order valence-corrected chi connectivity index (χ0v) is 12.3. The fourth-order valence-electron chi connectivity index (χ4n) is 2.46. The summed E-state index contributed by atoms with van der Waals surface area (Å²) in [5.41, 5.74) is 1.11. The van der Waals surface area contributed by atoms with E-state index in [1.54, 1.807) is 6.33 Å². The molecule has 1 fully saturated rings. The van der Waals surface area contributed by atoms with Crippen LogP contribution in [-0.2, 0) is 11.2 Å². The molecule has 1 unspecified atom stereocenters. The van der Waals surface area contributed by atoms with E-state index in [4.69, 9.17) is 4.74 Å². The number of ether oxygens (including phenoxy) is 1. The van der Waals surface area contributed by atoms with Gasteiger partial charge in [0.1, 0.15) is 18.0 Å². The second-order valence-corrected chi connectivity index (χ2v) is 4.91. The van der Waals surface area contributed by atoms with Crippen molar-refractivity contribution in [1.29, 1.82) is 0 Å². The maximum absolute atomic E-state index is 9.52. The Labute approximate surface area is 120 Å². The number of aromatic nitrogens is 2. The first kappa shape index (κ1) is 15.0. The second-order valence-electron chi connectivity index (χ2n) is 4.91. The van der Waals surface area contributed by atoms with Crippen LogP contribution in [0.4, 0.5) is 11.6 Å². The van der Waals surface area contributed by atoms with Gasteiger partial charge >= 0.3 is 0 Å². The summed E-state index contributed by atoms with van der Waals surface area (Å²) in [6, 6.07) is -0.0250. The molecule has 2 N–H and O–H groups in total. The van der Waals surface area contributed by atoms with Crippen LogP contribution in [0, 0.1) is 0 Å². The minimum Gasteiger partial charge on any atom is -0.394 e. The van der Waals surface area contributed by atoms with Gasteiger partial charge in [-0.3, -0.25) is 0 Å². The van der Waals surface area contributed by atoms with E-state index in [9.17, 15) is 5.11 Å². The summed E-state index contributed by atoms with van der Waals surface area (Å²) in [4.78, 5) is 10.9. The van der Waals surface area contributed by atoms with Crippen LogP contribution in [0.2, 0.25) is 0 Å². The van der Waals surface area contributed by atoms with Crippen LogP contribution in [0.25, 0.3) is 0 Å². The third kappa shape index (κ3) is 3.19. The van der Waals surface area contributed by atoms with E-state index in [1.807, 2.05) is 0 Å². The Balaban J connectivity index is 2.29. The Morgan fingerprint density at radius 3 is 3.00 bits per heavy atom. The van der Waals surface area contributed by atoms with Gasteiger partial charge in [-0.15, -0.1) is 0 Å². The minimum absolute atomic E-state index is 0.0250. The molecule has 2 rings (SSSR count). The summed E-state index contributed by atoms with van der Waals surface area (Å²) in [7, 11) is 0. The smallest absolute Gasteiger partial charge is 0.137 e. The lowest BCUT2D eigenvalue weighted by molar-refractivity contribution is 0.0722. The molecule has 0 aliphatic carbocycles. The highest BCUT2D eigenvalue weighted by Gasteiger charge is 2.26. The summed E-state index contributed by atoms with van der Waals surface area (Å²) in [6.07, 6.45) is 3.51. The van der Waals surface area contributed by atoms with E-state index < -0.39 is 0 Å². The molecule has 2 heterocycles. The van der Waals surface area contributed by atoms with E-state index in [0.717, 1.165) is 43.1 Å². The number of morpholine rings is 1. The third-order valence-corrected chi connectivity index (χ3v) is 3.53. The van der Waals surface area contributed by atoms with Crippen LogP contribution < -0.4 is 10.2 Å². The Kier molecular flexibility index (Phi) is 5.55. The van der Waals surface area contributed by atoms with Gasteiger partial charge in [-0.1, -0.05) is 13.8 Å². The van der Waals surface area contributed by atoms with Crippen LogP contribution in [-0.4, -0.2) is 54.0 Å². The van der Waals surface area contributed by atoms with Crippen LogP contribution in [0.15, 0.2) is 6.33 Å². The Morgan fingerprint density at radius 2 is 2.30 bits per heavy atom. The van der Waals surface area contributed by atoms with Gasteiger partial charge in [-0.25, -0.2) is 9.97 Å². The molecule has 0 aromatic carbocycles. The number of anilines is 2. The molecule has 112 valence electrons. The molecule has 1 atom stereocenters. The highest BCUT2D eigenvalue weighted by atomic mass is 16.5. The molecule has 0 amide bonds. The first-order valence-corrected chi connectivity index (χ1v) is 7.34. The van der Waals surface area contributed by atoms with Crippen molar-refractivity contribution in [3.05, 3.63) is 11.9 Å². The largest absolute Gasteiger partial charge is 0.394 e. The number of rotatable bonds is 6. The van der Waals surface area contributed by atoms with E-state index in [-0.39, 0.29) is 12.6 Å². The first-order valence-electron chi connectivity index (χ1n) is 7.34. The lowest BCUT2D eigenvalue weighted by Crippen LogP contribution is -2.48. The van der Waals surface area contributed by atoms with Crippen LogP contribution in [0.5, 0.6) is 0 Å². The predicted octanol–water partition coefficient (Wildman–Crippen LogP) is 1.06. The molecule has 1 aliphatic heterocycles. The molecule has 0 spiro atoms. The van der Waals surface area contributed by atoms with Crippen molar-refractivity contribution in [2.75, 3.05) is 43.1 Å².